The quantitative estimate of drug-likeness (QED) is 0.741. The lowest BCUT2D eigenvalue weighted by Crippen LogP contribution is -2.26. The first-order valence-electron chi connectivity index (χ1n) is 6.50. The van der Waals surface area contributed by atoms with Crippen LogP contribution in [-0.2, 0) is 0 Å². The van der Waals surface area contributed by atoms with Crippen LogP contribution in [0.4, 0.5) is 0 Å². The first-order valence-corrected chi connectivity index (χ1v) is 6.50. The summed E-state index contributed by atoms with van der Waals surface area (Å²) in [5.74, 6) is 0.957. The Kier molecular flexibility index (Phi) is 4.46. The average Bonchev–Trinajstić information content (AvgIpc) is 2.32. The summed E-state index contributed by atoms with van der Waals surface area (Å²) in [5, 5.41) is 3.62. The summed E-state index contributed by atoms with van der Waals surface area (Å²) < 4.78 is 0. The van der Waals surface area contributed by atoms with E-state index in [1.165, 1.54) is 51.5 Å². The molecule has 0 bridgehead atoms. The molecule has 0 aliphatic heterocycles. The molecule has 1 N–H and O–H groups in total. The van der Waals surface area contributed by atoms with Crippen LogP contribution in [0.5, 0.6) is 0 Å². The van der Waals surface area contributed by atoms with Gasteiger partial charge in [-0.05, 0) is 38.1 Å². The van der Waals surface area contributed by atoms with E-state index in [2.05, 4.69) is 23.5 Å². The summed E-state index contributed by atoms with van der Waals surface area (Å²) in [7, 11) is 0. The van der Waals surface area contributed by atoms with Crippen LogP contribution in [0.1, 0.15) is 44.9 Å². The number of hydrogen-bond donors (Lipinski definition) is 1. The summed E-state index contributed by atoms with van der Waals surface area (Å²) in [6.07, 6.45) is 16.5. The van der Waals surface area contributed by atoms with E-state index in [0.29, 0.717) is 0 Å². The SMILES string of the molecule is C1=CCCC(CNCC2CCCCC2)=C1. The number of nitrogens with one attached hydrogen (secondary N) is 1. The van der Waals surface area contributed by atoms with E-state index in [1.54, 1.807) is 5.57 Å². The molecule has 1 heteroatoms. The van der Waals surface area contributed by atoms with Crippen molar-refractivity contribution in [3.63, 3.8) is 0 Å². The number of rotatable bonds is 4. The van der Waals surface area contributed by atoms with Crippen molar-refractivity contribution in [1.82, 2.24) is 5.32 Å². The molecule has 0 aromatic heterocycles. The predicted octanol–water partition coefficient (Wildman–Crippen LogP) is 3.43. The molecule has 15 heavy (non-hydrogen) atoms. The van der Waals surface area contributed by atoms with Gasteiger partial charge in [0.15, 0.2) is 0 Å². The summed E-state index contributed by atoms with van der Waals surface area (Å²) in [6.45, 7) is 2.35. The standard InChI is InChI=1S/C14H23N/c1-3-7-13(8-4-1)11-15-12-14-9-5-2-6-10-14/h1,3,7,14-15H,2,4-6,8-12H2. The minimum Gasteiger partial charge on any atom is -0.313 e. The molecule has 0 heterocycles. The lowest BCUT2D eigenvalue weighted by Gasteiger charge is -2.22. The van der Waals surface area contributed by atoms with Gasteiger partial charge < -0.3 is 5.32 Å². The maximum absolute atomic E-state index is 3.62. The first-order chi connectivity index (χ1) is 7.45. The summed E-state index contributed by atoms with van der Waals surface area (Å²) in [6, 6.07) is 0. The molecule has 0 unspecified atom stereocenters. The van der Waals surface area contributed by atoms with Crippen LogP contribution in [0.25, 0.3) is 0 Å². The van der Waals surface area contributed by atoms with Crippen molar-refractivity contribution < 1.29 is 0 Å². The predicted molar refractivity (Wildman–Crippen MR) is 65.9 cm³/mol. The van der Waals surface area contributed by atoms with Crippen molar-refractivity contribution in [3.05, 3.63) is 23.8 Å². The maximum atomic E-state index is 3.62. The van der Waals surface area contributed by atoms with Crippen molar-refractivity contribution in [2.24, 2.45) is 5.92 Å². The van der Waals surface area contributed by atoms with E-state index in [9.17, 15) is 0 Å². The Morgan fingerprint density at radius 1 is 1.20 bits per heavy atom. The molecule has 0 atom stereocenters. The zero-order valence-corrected chi connectivity index (χ0v) is 9.67. The fourth-order valence-corrected chi connectivity index (χ4v) is 2.63. The Hall–Kier alpha value is -0.560. The third-order valence-corrected chi connectivity index (χ3v) is 3.61. The highest BCUT2D eigenvalue weighted by atomic mass is 14.9. The Labute approximate surface area is 93.6 Å². The highest BCUT2D eigenvalue weighted by Gasteiger charge is 2.12. The number of hydrogen-bond acceptors (Lipinski definition) is 1. The molecular formula is C14H23N. The number of allylic oxidation sites excluding steroid dienone is 3. The smallest absolute Gasteiger partial charge is 0.0167 e. The minimum absolute atomic E-state index is 0.957. The molecule has 0 saturated heterocycles. The topological polar surface area (TPSA) is 12.0 Å². The van der Waals surface area contributed by atoms with Gasteiger partial charge in [-0.15, -0.1) is 0 Å². The Morgan fingerprint density at radius 2 is 2.07 bits per heavy atom. The normalized spacial score (nSPS) is 22.8. The third-order valence-electron chi connectivity index (χ3n) is 3.61. The van der Waals surface area contributed by atoms with E-state index in [1.807, 2.05) is 0 Å². The molecule has 2 aliphatic carbocycles. The first kappa shape index (κ1) is 10.9. The van der Waals surface area contributed by atoms with E-state index in [0.717, 1.165) is 12.5 Å². The average molecular weight is 205 g/mol. The minimum atomic E-state index is 0.957. The van der Waals surface area contributed by atoms with Gasteiger partial charge in [0, 0.05) is 6.54 Å². The highest BCUT2D eigenvalue weighted by molar-refractivity contribution is 5.18. The van der Waals surface area contributed by atoms with Crippen LogP contribution in [0, 0.1) is 5.92 Å². The van der Waals surface area contributed by atoms with Crippen molar-refractivity contribution >= 4 is 0 Å². The maximum Gasteiger partial charge on any atom is 0.0167 e. The van der Waals surface area contributed by atoms with E-state index >= 15 is 0 Å². The van der Waals surface area contributed by atoms with Crippen molar-refractivity contribution in [2.45, 2.75) is 44.9 Å². The fraction of sp³-hybridized carbons (Fsp3) is 0.714. The zero-order chi connectivity index (χ0) is 10.3. The van der Waals surface area contributed by atoms with Gasteiger partial charge in [-0.2, -0.15) is 0 Å². The molecule has 0 spiro atoms. The molecule has 84 valence electrons. The molecule has 0 radical (unpaired) electrons. The second kappa shape index (κ2) is 6.12. The summed E-state index contributed by atoms with van der Waals surface area (Å²) in [4.78, 5) is 0. The van der Waals surface area contributed by atoms with Gasteiger partial charge >= 0.3 is 0 Å². The molecule has 1 saturated carbocycles. The van der Waals surface area contributed by atoms with Crippen LogP contribution in [-0.4, -0.2) is 13.1 Å². The lowest BCUT2D eigenvalue weighted by atomic mass is 9.89. The second-order valence-electron chi connectivity index (χ2n) is 4.93. The molecule has 0 aromatic rings. The van der Waals surface area contributed by atoms with Gasteiger partial charge in [-0.1, -0.05) is 43.1 Å². The van der Waals surface area contributed by atoms with Gasteiger partial charge in [-0.25, -0.2) is 0 Å². The van der Waals surface area contributed by atoms with Gasteiger partial charge in [-0.3, -0.25) is 0 Å². The molecule has 1 nitrogen and oxygen atoms in total. The molecule has 2 rings (SSSR count). The third kappa shape index (κ3) is 3.83. The monoisotopic (exact) mass is 205 g/mol. The van der Waals surface area contributed by atoms with Crippen LogP contribution in [0.3, 0.4) is 0 Å². The fourth-order valence-electron chi connectivity index (χ4n) is 2.63. The Bertz CT molecular complexity index is 234. The Balaban J connectivity index is 1.61. The van der Waals surface area contributed by atoms with Gasteiger partial charge in [0.05, 0.1) is 0 Å². The summed E-state index contributed by atoms with van der Waals surface area (Å²) >= 11 is 0. The van der Waals surface area contributed by atoms with Gasteiger partial charge in [0.2, 0.25) is 0 Å². The van der Waals surface area contributed by atoms with E-state index in [-0.39, 0.29) is 0 Å². The van der Waals surface area contributed by atoms with Crippen molar-refractivity contribution in [1.29, 1.82) is 0 Å². The molecule has 2 aliphatic rings. The van der Waals surface area contributed by atoms with Gasteiger partial charge in [0.25, 0.3) is 0 Å². The highest BCUT2D eigenvalue weighted by Crippen LogP contribution is 2.22. The Morgan fingerprint density at radius 3 is 2.80 bits per heavy atom. The van der Waals surface area contributed by atoms with Crippen LogP contribution < -0.4 is 5.32 Å². The van der Waals surface area contributed by atoms with E-state index in [4.69, 9.17) is 0 Å². The van der Waals surface area contributed by atoms with Crippen LogP contribution in [0.15, 0.2) is 23.8 Å². The molecule has 0 aromatic carbocycles. The van der Waals surface area contributed by atoms with Crippen molar-refractivity contribution in [3.8, 4) is 0 Å². The van der Waals surface area contributed by atoms with Crippen LogP contribution in [0.2, 0.25) is 0 Å². The lowest BCUT2D eigenvalue weighted by molar-refractivity contribution is 0.345. The van der Waals surface area contributed by atoms with Gasteiger partial charge in [0.1, 0.15) is 0 Å². The second-order valence-corrected chi connectivity index (χ2v) is 4.93. The van der Waals surface area contributed by atoms with E-state index < -0.39 is 0 Å². The largest absolute Gasteiger partial charge is 0.313 e. The molecule has 0 amide bonds. The molecule has 1 fully saturated rings. The zero-order valence-electron chi connectivity index (χ0n) is 9.67. The van der Waals surface area contributed by atoms with Crippen molar-refractivity contribution in [2.75, 3.05) is 13.1 Å². The summed E-state index contributed by atoms with van der Waals surface area (Å²) in [5.41, 5.74) is 1.58. The van der Waals surface area contributed by atoms with Crippen LogP contribution >= 0.6 is 0 Å². The molecular weight excluding hydrogens is 182 g/mol.